The molecule has 0 aromatic heterocycles. The van der Waals surface area contributed by atoms with Crippen molar-refractivity contribution in [2.75, 3.05) is 0 Å². The summed E-state index contributed by atoms with van der Waals surface area (Å²) in [5.74, 6) is 0.316. The second kappa shape index (κ2) is 7.44. The summed E-state index contributed by atoms with van der Waals surface area (Å²) in [6.45, 7) is 6.61. The molecular formula is C22H21ClN4O2. The Morgan fingerprint density at radius 2 is 1.76 bits per heavy atom. The molecular weight excluding hydrogens is 388 g/mol. The van der Waals surface area contributed by atoms with E-state index in [-0.39, 0.29) is 5.69 Å². The zero-order valence-corrected chi connectivity index (χ0v) is 17.3. The monoisotopic (exact) mass is 408 g/mol. The number of halogens is 1. The first-order valence-electron chi connectivity index (χ1n) is 9.50. The van der Waals surface area contributed by atoms with Crippen LogP contribution in [0.25, 0.3) is 22.6 Å². The topological polar surface area (TPSA) is 80.6 Å². The van der Waals surface area contributed by atoms with E-state index in [0.29, 0.717) is 17.9 Å². The maximum Gasteiger partial charge on any atom is 0.349 e. The van der Waals surface area contributed by atoms with Gasteiger partial charge in [0, 0.05) is 11.6 Å². The predicted molar refractivity (Wildman–Crippen MR) is 115 cm³/mol. The smallest absolute Gasteiger partial charge is 0.322 e. The Morgan fingerprint density at radius 1 is 1.00 bits per heavy atom. The lowest BCUT2D eigenvalue weighted by Crippen LogP contribution is -2.29. The average molecular weight is 409 g/mol. The van der Waals surface area contributed by atoms with Crippen LogP contribution < -0.4 is 11.2 Å². The summed E-state index contributed by atoms with van der Waals surface area (Å²) in [6, 6.07) is 10.1. The van der Waals surface area contributed by atoms with Gasteiger partial charge in [0.1, 0.15) is 0 Å². The van der Waals surface area contributed by atoms with Gasteiger partial charge in [0.2, 0.25) is 0 Å². The largest absolute Gasteiger partial charge is 0.349 e. The average Bonchev–Trinajstić information content (AvgIpc) is 2.66. The molecule has 0 unspecified atom stereocenters. The molecule has 29 heavy (non-hydrogen) atoms. The lowest BCUT2D eigenvalue weighted by Gasteiger charge is -2.18. The second-order valence-corrected chi connectivity index (χ2v) is 7.83. The fraction of sp³-hybridized carbons (Fsp3) is 0.273. The van der Waals surface area contributed by atoms with Crippen molar-refractivity contribution in [1.82, 2.24) is 19.5 Å². The standard InChI is InChI=1S/C22H21ClN4O2/c1-12-6-7-15(11-16(12)23)5-4-8-27-18-10-14(3)13(2)9-17(18)24-19-20(27)25-22(29)26-21(19)28/h6-7,9-11H,4-5,8H2,1-3H3,(H,26,28,29). The van der Waals surface area contributed by atoms with Crippen LogP contribution in [0.5, 0.6) is 0 Å². The molecule has 148 valence electrons. The summed E-state index contributed by atoms with van der Waals surface area (Å²) in [4.78, 5) is 34.9. The van der Waals surface area contributed by atoms with Crippen LogP contribution in [0.15, 0.2) is 39.9 Å². The Labute approximate surface area is 172 Å². The van der Waals surface area contributed by atoms with Crippen molar-refractivity contribution in [1.29, 1.82) is 0 Å². The van der Waals surface area contributed by atoms with Crippen molar-refractivity contribution < 1.29 is 0 Å². The van der Waals surface area contributed by atoms with Crippen molar-refractivity contribution in [3.05, 3.63) is 78.4 Å². The molecule has 2 aliphatic heterocycles. The SMILES string of the molecule is Cc1cc2nc3c(=O)[nH]c(=O)nc-3n(CCCc3ccc(C)c(Cl)c3)c2cc1C. The Morgan fingerprint density at radius 3 is 2.52 bits per heavy atom. The van der Waals surface area contributed by atoms with Crippen molar-refractivity contribution in [2.24, 2.45) is 0 Å². The third-order valence-electron chi connectivity index (χ3n) is 5.31. The molecule has 0 bridgehead atoms. The highest BCUT2D eigenvalue weighted by molar-refractivity contribution is 6.31. The molecule has 2 aromatic carbocycles. The highest BCUT2D eigenvalue weighted by atomic mass is 35.5. The minimum atomic E-state index is -0.661. The van der Waals surface area contributed by atoms with E-state index in [0.717, 1.165) is 45.6 Å². The van der Waals surface area contributed by atoms with E-state index < -0.39 is 11.2 Å². The lowest BCUT2D eigenvalue weighted by atomic mass is 10.1. The van der Waals surface area contributed by atoms with E-state index in [9.17, 15) is 9.59 Å². The van der Waals surface area contributed by atoms with Gasteiger partial charge < -0.3 is 4.57 Å². The van der Waals surface area contributed by atoms with Gasteiger partial charge in [0.25, 0.3) is 5.56 Å². The molecule has 0 atom stereocenters. The number of nitrogens with one attached hydrogen (secondary N) is 1. The number of benzene rings is 2. The van der Waals surface area contributed by atoms with Crippen LogP contribution in [0, 0.1) is 20.8 Å². The number of aromatic amines is 1. The van der Waals surface area contributed by atoms with Crippen LogP contribution in [0.4, 0.5) is 0 Å². The fourth-order valence-corrected chi connectivity index (χ4v) is 3.71. The normalized spacial score (nSPS) is 11.4. The molecule has 1 N–H and O–H groups in total. The molecule has 0 saturated carbocycles. The molecule has 0 saturated heterocycles. The van der Waals surface area contributed by atoms with Crippen LogP contribution in [0.3, 0.4) is 0 Å². The second-order valence-electron chi connectivity index (χ2n) is 7.42. The van der Waals surface area contributed by atoms with Gasteiger partial charge in [0.05, 0.1) is 11.0 Å². The van der Waals surface area contributed by atoms with Gasteiger partial charge in [-0.05, 0) is 74.1 Å². The summed E-state index contributed by atoms with van der Waals surface area (Å²) < 4.78 is 1.93. The molecule has 2 aliphatic rings. The molecule has 0 amide bonds. The Bertz CT molecular complexity index is 1320. The van der Waals surface area contributed by atoms with Gasteiger partial charge in [0.15, 0.2) is 11.5 Å². The van der Waals surface area contributed by atoms with Gasteiger partial charge >= 0.3 is 5.69 Å². The minimum Gasteiger partial charge on any atom is -0.322 e. The molecule has 4 rings (SSSR count). The maximum absolute atomic E-state index is 12.3. The van der Waals surface area contributed by atoms with Crippen LogP contribution in [0.2, 0.25) is 5.02 Å². The molecule has 0 fully saturated rings. The first-order valence-corrected chi connectivity index (χ1v) is 9.88. The number of aromatic nitrogens is 4. The van der Waals surface area contributed by atoms with Gasteiger partial charge in [-0.1, -0.05) is 23.7 Å². The fourth-order valence-electron chi connectivity index (χ4n) is 3.51. The predicted octanol–water partition coefficient (Wildman–Crippen LogP) is 3.80. The lowest BCUT2D eigenvalue weighted by molar-refractivity contribution is 0.648. The van der Waals surface area contributed by atoms with E-state index in [1.807, 2.05) is 49.6 Å². The van der Waals surface area contributed by atoms with Gasteiger partial charge in [-0.25, -0.2) is 9.78 Å². The summed E-state index contributed by atoms with van der Waals surface area (Å²) in [5.41, 5.74) is 4.98. The van der Waals surface area contributed by atoms with Gasteiger partial charge in [-0.3, -0.25) is 9.78 Å². The van der Waals surface area contributed by atoms with E-state index in [2.05, 4.69) is 21.0 Å². The zero-order chi connectivity index (χ0) is 20.7. The first kappa shape index (κ1) is 19.3. The van der Waals surface area contributed by atoms with Crippen molar-refractivity contribution in [3.8, 4) is 11.5 Å². The van der Waals surface area contributed by atoms with Crippen LogP contribution >= 0.6 is 11.6 Å². The van der Waals surface area contributed by atoms with Crippen molar-refractivity contribution in [2.45, 2.75) is 40.2 Å². The van der Waals surface area contributed by atoms with Crippen molar-refractivity contribution >= 4 is 22.6 Å². The number of nitrogens with zero attached hydrogens (tertiary/aromatic N) is 3. The van der Waals surface area contributed by atoms with Crippen LogP contribution in [-0.2, 0) is 13.0 Å². The quantitative estimate of drug-likeness (QED) is 0.521. The molecule has 0 spiro atoms. The number of aryl methyl sites for hydroxylation is 5. The number of hydrogen-bond acceptors (Lipinski definition) is 4. The van der Waals surface area contributed by atoms with E-state index in [4.69, 9.17) is 11.6 Å². The summed E-state index contributed by atoms with van der Waals surface area (Å²) in [6.07, 6.45) is 1.62. The molecule has 2 aromatic rings. The number of rotatable bonds is 4. The number of fused-ring (bicyclic) bond motifs is 2. The van der Waals surface area contributed by atoms with Crippen LogP contribution in [0.1, 0.15) is 28.7 Å². The highest BCUT2D eigenvalue weighted by Crippen LogP contribution is 2.24. The van der Waals surface area contributed by atoms with E-state index >= 15 is 0 Å². The Hall–Kier alpha value is -2.99. The van der Waals surface area contributed by atoms with E-state index in [1.54, 1.807) is 0 Å². The molecule has 0 aliphatic carbocycles. The Kier molecular flexibility index (Phi) is 4.96. The third kappa shape index (κ3) is 3.68. The van der Waals surface area contributed by atoms with Crippen LogP contribution in [-0.4, -0.2) is 19.5 Å². The van der Waals surface area contributed by atoms with Gasteiger partial charge in [-0.15, -0.1) is 0 Å². The van der Waals surface area contributed by atoms with E-state index in [1.165, 1.54) is 0 Å². The molecule has 6 nitrogen and oxygen atoms in total. The first-order chi connectivity index (χ1) is 13.8. The minimum absolute atomic E-state index is 0.179. The Balaban J connectivity index is 1.79. The third-order valence-corrected chi connectivity index (χ3v) is 5.72. The summed E-state index contributed by atoms with van der Waals surface area (Å²) in [5, 5.41) is 0.755. The maximum atomic E-state index is 12.3. The molecule has 0 radical (unpaired) electrons. The molecule has 2 heterocycles. The van der Waals surface area contributed by atoms with Crippen molar-refractivity contribution in [3.63, 3.8) is 0 Å². The number of hydrogen-bond donors (Lipinski definition) is 1. The summed E-state index contributed by atoms with van der Waals surface area (Å²) in [7, 11) is 0. The number of H-pyrrole nitrogens is 1. The highest BCUT2D eigenvalue weighted by Gasteiger charge is 2.19. The van der Waals surface area contributed by atoms with Gasteiger partial charge in [-0.2, -0.15) is 4.98 Å². The molecule has 7 heteroatoms. The summed E-state index contributed by atoms with van der Waals surface area (Å²) >= 11 is 6.24. The zero-order valence-electron chi connectivity index (χ0n) is 16.5.